The van der Waals surface area contributed by atoms with Crippen LogP contribution in [0, 0.1) is 0 Å². The number of amidine groups is 1. The van der Waals surface area contributed by atoms with E-state index >= 15 is 0 Å². The van der Waals surface area contributed by atoms with Crippen LogP contribution in [-0.4, -0.2) is 17.1 Å². The van der Waals surface area contributed by atoms with Gasteiger partial charge in [0, 0.05) is 0 Å². The minimum atomic E-state index is -4.84. The molecule has 2 rings (SSSR count). The van der Waals surface area contributed by atoms with E-state index < -0.39 is 35.1 Å². The molecule has 4 nitrogen and oxygen atoms in total. The Kier molecular flexibility index (Phi) is 4.50. The number of hydrogen-bond donors (Lipinski definition) is 3. The minimum absolute atomic E-state index is 0.135. The van der Waals surface area contributed by atoms with Crippen molar-refractivity contribution in [3.63, 3.8) is 0 Å². The highest BCUT2D eigenvalue weighted by Gasteiger charge is 2.37. The van der Waals surface area contributed by atoms with Crippen LogP contribution in [0.5, 0.6) is 0 Å². The van der Waals surface area contributed by atoms with Gasteiger partial charge in [-0.3, -0.25) is 0 Å². The van der Waals surface area contributed by atoms with Gasteiger partial charge in [0.2, 0.25) is 0 Å². The fourth-order valence-electron chi connectivity index (χ4n) is 2.14. The predicted octanol–water partition coefficient (Wildman–Crippen LogP) is 3.34. The molecular formula is C14H11F6N3O. The van der Waals surface area contributed by atoms with Crippen LogP contribution >= 0.6 is 0 Å². The fourth-order valence-corrected chi connectivity index (χ4v) is 2.14. The molecule has 1 aliphatic heterocycles. The quantitative estimate of drug-likeness (QED) is 0.252. The number of alkyl halides is 6. The van der Waals surface area contributed by atoms with Crippen molar-refractivity contribution < 1.29 is 31.5 Å². The second kappa shape index (κ2) is 6.10. The van der Waals surface area contributed by atoms with Crippen molar-refractivity contribution in [1.29, 1.82) is 0 Å². The molecular weight excluding hydrogens is 340 g/mol. The molecule has 4 N–H and O–H groups in total. The van der Waals surface area contributed by atoms with Crippen molar-refractivity contribution in [1.82, 2.24) is 5.32 Å². The molecule has 0 spiro atoms. The van der Waals surface area contributed by atoms with Gasteiger partial charge in [-0.25, -0.2) is 0 Å². The molecule has 1 aromatic rings. The van der Waals surface area contributed by atoms with Crippen LogP contribution in [0.2, 0.25) is 0 Å². The summed E-state index contributed by atoms with van der Waals surface area (Å²) in [5.41, 5.74) is 2.16. The molecule has 130 valence electrons. The third kappa shape index (κ3) is 3.63. The maximum absolute atomic E-state index is 13.1. The second-order valence-electron chi connectivity index (χ2n) is 4.88. The monoisotopic (exact) mass is 351 g/mol. The molecule has 1 atom stereocenters. The molecule has 0 aliphatic carbocycles. The van der Waals surface area contributed by atoms with Gasteiger partial charge in [-0.2, -0.15) is 26.3 Å². The zero-order chi connectivity index (χ0) is 18.1. The van der Waals surface area contributed by atoms with Crippen LogP contribution in [0.4, 0.5) is 26.3 Å². The molecule has 0 radical (unpaired) electrons. The van der Waals surface area contributed by atoms with E-state index in [4.69, 9.17) is 10.9 Å². The molecule has 24 heavy (non-hydrogen) atoms. The standard InChI is InChI=1S/C14H11F6N3O/c15-13(16,17)8-1-2-10(14(18,19)20)9(6-8)7-3-4-22-11(5-7)12(21)23-24/h1-6,11,22,24H,(H2,21,23). The number of halogens is 6. The van der Waals surface area contributed by atoms with Crippen LogP contribution in [-0.2, 0) is 12.4 Å². The number of nitrogens with zero attached hydrogens (tertiary/aromatic N) is 1. The number of hydrogen-bond acceptors (Lipinski definition) is 3. The Hall–Kier alpha value is -2.65. The summed E-state index contributed by atoms with van der Waals surface area (Å²) >= 11 is 0. The number of rotatable bonds is 2. The molecule has 0 saturated carbocycles. The van der Waals surface area contributed by atoms with E-state index in [1.165, 1.54) is 12.3 Å². The van der Waals surface area contributed by atoms with Gasteiger partial charge < -0.3 is 16.3 Å². The topological polar surface area (TPSA) is 70.6 Å². The van der Waals surface area contributed by atoms with Crippen molar-refractivity contribution in [2.45, 2.75) is 18.4 Å². The Morgan fingerprint density at radius 1 is 1.12 bits per heavy atom. The SMILES string of the molecule is N/C(=N\O)C1C=C(c2cc(C(F)(F)F)ccc2C(F)(F)F)C=CN1. The average molecular weight is 351 g/mol. The molecule has 0 aromatic heterocycles. The summed E-state index contributed by atoms with van der Waals surface area (Å²) in [6.45, 7) is 0. The fraction of sp³-hybridized carbons (Fsp3) is 0.214. The normalized spacial score (nSPS) is 19.0. The highest BCUT2D eigenvalue weighted by atomic mass is 19.4. The molecule has 1 unspecified atom stereocenters. The third-order valence-corrected chi connectivity index (χ3v) is 3.28. The van der Waals surface area contributed by atoms with Crippen molar-refractivity contribution in [2.75, 3.05) is 0 Å². The first kappa shape index (κ1) is 17.7. The van der Waals surface area contributed by atoms with Crippen LogP contribution in [0.3, 0.4) is 0 Å². The Morgan fingerprint density at radius 3 is 2.33 bits per heavy atom. The lowest BCUT2D eigenvalue weighted by atomic mass is 9.93. The van der Waals surface area contributed by atoms with E-state index in [-0.39, 0.29) is 11.4 Å². The largest absolute Gasteiger partial charge is 0.417 e. The third-order valence-electron chi connectivity index (χ3n) is 3.28. The summed E-state index contributed by atoms with van der Waals surface area (Å²) in [6.07, 6.45) is -6.11. The van der Waals surface area contributed by atoms with Gasteiger partial charge >= 0.3 is 12.4 Å². The van der Waals surface area contributed by atoms with E-state index in [2.05, 4.69) is 10.5 Å². The van der Waals surface area contributed by atoms with Gasteiger partial charge in [-0.1, -0.05) is 5.16 Å². The molecule has 0 bridgehead atoms. The minimum Gasteiger partial charge on any atom is -0.409 e. The Balaban J connectivity index is 2.62. The van der Waals surface area contributed by atoms with Crippen LogP contribution < -0.4 is 11.1 Å². The Morgan fingerprint density at radius 2 is 1.79 bits per heavy atom. The van der Waals surface area contributed by atoms with E-state index in [1.807, 2.05) is 0 Å². The number of allylic oxidation sites excluding steroid dienone is 2. The second-order valence-corrected chi connectivity index (χ2v) is 4.88. The lowest BCUT2D eigenvalue weighted by molar-refractivity contribution is -0.141. The average Bonchev–Trinajstić information content (AvgIpc) is 2.52. The number of oxime groups is 1. The summed E-state index contributed by atoms with van der Waals surface area (Å²) < 4.78 is 77.8. The first-order valence-electron chi connectivity index (χ1n) is 6.44. The van der Waals surface area contributed by atoms with Gasteiger partial charge in [0.1, 0.15) is 6.04 Å². The number of dihydropyridines is 1. The maximum atomic E-state index is 13.1. The Labute approximate surface area is 131 Å². The smallest absolute Gasteiger partial charge is 0.409 e. The molecule has 1 aliphatic rings. The van der Waals surface area contributed by atoms with Crippen LogP contribution in [0.1, 0.15) is 16.7 Å². The van der Waals surface area contributed by atoms with Gasteiger partial charge in [-0.15, -0.1) is 0 Å². The van der Waals surface area contributed by atoms with Crippen LogP contribution in [0.15, 0.2) is 41.7 Å². The first-order chi connectivity index (χ1) is 11.0. The van der Waals surface area contributed by atoms with Gasteiger partial charge in [0.25, 0.3) is 0 Å². The number of nitrogens with one attached hydrogen (secondary N) is 1. The van der Waals surface area contributed by atoms with Gasteiger partial charge in [0.15, 0.2) is 5.84 Å². The summed E-state index contributed by atoms with van der Waals surface area (Å²) in [4.78, 5) is 0. The Bertz CT molecular complexity index is 718. The van der Waals surface area contributed by atoms with Crippen molar-refractivity contribution in [3.05, 3.63) is 53.2 Å². The van der Waals surface area contributed by atoms with Crippen molar-refractivity contribution in [2.24, 2.45) is 10.9 Å². The van der Waals surface area contributed by atoms with E-state index in [0.29, 0.717) is 18.2 Å². The predicted molar refractivity (Wildman–Crippen MR) is 73.9 cm³/mol. The summed E-state index contributed by atoms with van der Waals surface area (Å²) in [7, 11) is 0. The molecule has 0 fully saturated rings. The molecule has 1 heterocycles. The lowest BCUT2D eigenvalue weighted by Crippen LogP contribution is -2.38. The zero-order valence-corrected chi connectivity index (χ0v) is 11.8. The summed E-state index contributed by atoms with van der Waals surface area (Å²) in [5.74, 6) is -0.350. The highest BCUT2D eigenvalue weighted by molar-refractivity contribution is 5.91. The van der Waals surface area contributed by atoms with E-state index in [1.54, 1.807) is 0 Å². The van der Waals surface area contributed by atoms with E-state index in [0.717, 1.165) is 6.08 Å². The van der Waals surface area contributed by atoms with Gasteiger partial charge in [0.05, 0.1) is 11.1 Å². The van der Waals surface area contributed by atoms with Crippen molar-refractivity contribution in [3.8, 4) is 0 Å². The van der Waals surface area contributed by atoms with Gasteiger partial charge in [-0.05, 0) is 47.7 Å². The molecule has 0 saturated heterocycles. The zero-order valence-electron chi connectivity index (χ0n) is 11.8. The van der Waals surface area contributed by atoms with Crippen LogP contribution in [0.25, 0.3) is 5.57 Å². The number of nitrogens with two attached hydrogens (primary N) is 1. The first-order valence-corrected chi connectivity index (χ1v) is 6.44. The van der Waals surface area contributed by atoms with Crippen molar-refractivity contribution >= 4 is 11.4 Å². The highest BCUT2D eigenvalue weighted by Crippen LogP contribution is 2.39. The molecule has 10 heteroatoms. The maximum Gasteiger partial charge on any atom is 0.417 e. The lowest BCUT2D eigenvalue weighted by Gasteiger charge is -2.21. The summed E-state index contributed by atoms with van der Waals surface area (Å²) in [5, 5.41) is 13.9. The van der Waals surface area contributed by atoms with E-state index in [9.17, 15) is 26.3 Å². The molecule has 0 amide bonds. The summed E-state index contributed by atoms with van der Waals surface area (Å²) in [6, 6.07) is 0.227. The molecule has 1 aromatic carbocycles. The number of benzene rings is 1.